The van der Waals surface area contributed by atoms with E-state index in [1.807, 2.05) is 0 Å². The van der Waals surface area contributed by atoms with E-state index in [1.165, 1.54) is 7.11 Å². The second-order valence-corrected chi connectivity index (χ2v) is 4.56. The Morgan fingerprint density at radius 3 is 2.39 bits per heavy atom. The van der Waals surface area contributed by atoms with Gasteiger partial charge in [0.25, 0.3) is 5.91 Å². The number of rotatable bonds is 9. The highest BCUT2D eigenvalue weighted by Gasteiger charge is 2.10. The van der Waals surface area contributed by atoms with Crippen LogP contribution in [-0.4, -0.2) is 44.7 Å². The molecule has 0 unspecified atom stereocenters. The molecule has 0 radical (unpaired) electrons. The summed E-state index contributed by atoms with van der Waals surface area (Å²) in [7, 11) is 1.53. The van der Waals surface area contributed by atoms with Crippen molar-refractivity contribution < 1.29 is 28.6 Å². The second-order valence-electron chi connectivity index (χ2n) is 4.56. The van der Waals surface area contributed by atoms with E-state index in [9.17, 15) is 14.4 Å². The summed E-state index contributed by atoms with van der Waals surface area (Å²) in [6, 6.07) is 6.37. The molecule has 0 heterocycles. The monoisotopic (exact) mass is 323 g/mol. The van der Waals surface area contributed by atoms with Gasteiger partial charge in [0.1, 0.15) is 5.75 Å². The standard InChI is InChI=1S/C16H21NO6/c1-3-22-15(19)5-4-10-17-14(18)11-23-16(20)12-6-8-13(21-2)9-7-12/h6-9H,3-5,10-11H2,1-2H3,(H,17,18). The number of esters is 2. The average Bonchev–Trinajstić information content (AvgIpc) is 2.57. The van der Waals surface area contributed by atoms with Crippen LogP contribution in [0.1, 0.15) is 30.1 Å². The number of carbonyl (C=O) groups is 3. The van der Waals surface area contributed by atoms with E-state index in [-0.39, 0.29) is 19.0 Å². The van der Waals surface area contributed by atoms with Gasteiger partial charge in [-0.05, 0) is 37.6 Å². The molecule has 0 aliphatic carbocycles. The van der Waals surface area contributed by atoms with Gasteiger partial charge in [0, 0.05) is 13.0 Å². The van der Waals surface area contributed by atoms with Crippen molar-refractivity contribution in [2.75, 3.05) is 26.9 Å². The fourth-order valence-electron chi connectivity index (χ4n) is 1.69. The second kappa shape index (κ2) is 10.2. The molecule has 0 atom stereocenters. The quantitative estimate of drug-likeness (QED) is 0.544. The lowest BCUT2D eigenvalue weighted by molar-refractivity contribution is -0.143. The van der Waals surface area contributed by atoms with Crippen LogP contribution in [0.2, 0.25) is 0 Å². The van der Waals surface area contributed by atoms with E-state index in [1.54, 1.807) is 31.2 Å². The van der Waals surface area contributed by atoms with E-state index in [0.717, 1.165) is 0 Å². The molecule has 1 aromatic rings. The van der Waals surface area contributed by atoms with Crippen molar-refractivity contribution in [1.29, 1.82) is 0 Å². The van der Waals surface area contributed by atoms with Crippen LogP contribution < -0.4 is 10.1 Å². The van der Waals surface area contributed by atoms with Crippen molar-refractivity contribution in [3.05, 3.63) is 29.8 Å². The number of amides is 1. The first kappa shape index (κ1) is 18.5. The number of hydrogen-bond acceptors (Lipinski definition) is 6. The minimum Gasteiger partial charge on any atom is -0.497 e. The van der Waals surface area contributed by atoms with E-state index >= 15 is 0 Å². The molecule has 1 amide bonds. The van der Waals surface area contributed by atoms with Crippen molar-refractivity contribution in [3.63, 3.8) is 0 Å². The molecule has 0 spiro atoms. The zero-order valence-corrected chi connectivity index (χ0v) is 13.3. The molecule has 7 nitrogen and oxygen atoms in total. The lowest BCUT2D eigenvalue weighted by Gasteiger charge is -2.07. The van der Waals surface area contributed by atoms with Gasteiger partial charge in [-0.25, -0.2) is 4.79 Å². The summed E-state index contributed by atoms with van der Waals surface area (Å²) in [5.74, 6) is -0.682. The fraction of sp³-hybridized carbons (Fsp3) is 0.438. The van der Waals surface area contributed by atoms with Crippen LogP contribution in [0.15, 0.2) is 24.3 Å². The van der Waals surface area contributed by atoms with Crippen LogP contribution in [0.25, 0.3) is 0 Å². The molecule has 0 aliphatic heterocycles. The van der Waals surface area contributed by atoms with Gasteiger partial charge in [0.05, 0.1) is 19.3 Å². The first-order valence-corrected chi connectivity index (χ1v) is 7.30. The van der Waals surface area contributed by atoms with Crippen molar-refractivity contribution in [2.45, 2.75) is 19.8 Å². The summed E-state index contributed by atoms with van der Waals surface area (Å²) in [6.07, 6.45) is 0.705. The Morgan fingerprint density at radius 1 is 1.09 bits per heavy atom. The van der Waals surface area contributed by atoms with Crippen LogP contribution in [-0.2, 0) is 19.1 Å². The van der Waals surface area contributed by atoms with E-state index < -0.39 is 11.9 Å². The lowest BCUT2D eigenvalue weighted by atomic mass is 10.2. The van der Waals surface area contributed by atoms with E-state index in [4.69, 9.17) is 14.2 Å². The molecule has 0 saturated carbocycles. The van der Waals surface area contributed by atoms with Crippen LogP contribution in [0.4, 0.5) is 0 Å². The number of carbonyl (C=O) groups excluding carboxylic acids is 3. The zero-order valence-electron chi connectivity index (χ0n) is 13.3. The Morgan fingerprint density at radius 2 is 1.78 bits per heavy atom. The topological polar surface area (TPSA) is 90.9 Å². The summed E-state index contributed by atoms with van der Waals surface area (Å²) in [5, 5.41) is 2.56. The molecule has 7 heteroatoms. The highest BCUT2D eigenvalue weighted by atomic mass is 16.5. The summed E-state index contributed by atoms with van der Waals surface area (Å²) in [6.45, 7) is 2.02. The van der Waals surface area contributed by atoms with Crippen molar-refractivity contribution >= 4 is 17.8 Å². The van der Waals surface area contributed by atoms with Gasteiger partial charge in [0.2, 0.25) is 0 Å². The van der Waals surface area contributed by atoms with Crippen LogP contribution in [0, 0.1) is 0 Å². The number of benzene rings is 1. The third-order valence-electron chi connectivity index (χ3n) is 2.85. The molecule has 1 aromatic carbocycles. The lowest BCUT2D eigenvalue weighted by Crippen LogP contribution is -2.30. The Labute approximate surface area is 134 Å². The van der Waals surface area contributed by atoms with Gasteiger partial charge in [-0.15, -0.1) is 0 Å². The molecule has 23 heavy (non-hydrogen) atoms. The molecule has 1 N–H and O–H groups in total. The Balaban J connectivity index is 2.22. The van der Waals surface area contributed by atoms with Gasteiger partial charge < -0.3 is 19.5 Å². The summed E-state index contributed by atoms with van der Waals surface area (Å²) in [5.41, 5.74) is 0.334. The molecule has 0 bridgehead atoms. The number of ether oxygens (including phenoxy) is 3. The first-order valence-electron chi connectivity index (χ1n) is 7.30. The molecule has 0 aliphatic rings. The highest BCUT2D eigenvalue weighted by molar-refractivity contribution is 5.91. The largest absolute Gasteiger partial charge is 0.497 e. The van der Waals surface area contributed by atoms with E-state index in [2.05, 4.69) is 5.32 Å². The van der Waals surface area contributed by atoms with Gasteiger partial charge >= 0.3 is 11.9 Å². The average molecular weight is 323 g/mol. The van der Waals surface area contributed by atoms with Gasteiger partial charge in [-0.2, -0.15) is 0 Å². The Kier molecular flexibility index (Phi) is 8.20. The number of nitrogens with one attached hydrogen (secondary N) is 1. The molecule has 126 valence electrons. The van der Waals surface area contributed by atoms with Crippen LogP contribution >= 0.6 is 0 Å². The molecular weight excluding hydrogens is 302 g/mol. The SMILES string of the molecule is CCOC(=O)CCCNC(=O)COC(=O)c1ccc(OC)cc1. The maximum atomic E-state index is 11.7. The van der Waals surface area contributed by atoms with Gasteiger partial charge in [-0.3, -0.25) is 9.59 Å². The first-order chi connectivity index (χ1) is 11.1. The van der Waals surface area contributed by atoms with Crippen LogP contribution in [0.3, 0.4) is 0 Å². The number of methoxy groups -OCH3 is 1. The normalized spacial score (nSPS) is 9.83. The van der Waals surface area contributed by atoms with Crippen molar-refractivity contribution in [2.24, 2.45) is 0 Å². The molecule has 0 aromatic heterocycles. The molecular formula is C16H21NO6. The van der Waals surface area contributed by atoms with Crippen LogP contribution in [0.5, 0.6) is 5.75 Å². The van der Waals surface area contributed by atoms with Gasteiger partial charge in [-0.1, -0.05) is 0 Å². The minimum atomic E-state index is -0.589. The maximum Gasteiger partial charge on any atom is 0.338 e. The predicted molar refractivity (Wildman–Crippen MR) is 82.2 cm³/mol. The fourth-order valence-corrected chi connectivity index (χ4v) is 1.69. The Hall–Kier alpha value is -2.57. The zero-order chi connectivity index (χ0) is 17.1. The summed E-state index contributed by atoms with van der Waals surface area (Å²) < 4.78 is 14.6. The number of hydrogen-bond donors (Lipinski definition) is 1. The van der Waals surface area contributed by atoms with E-state index in [0.29, 0.717) is 30.9 Å². The summed E-state index contributed by atoms with van der Waals surface area (Å²) >= 11 is 0. The smallest absolute Gasteiger partial charge is 0.338 e. The summed E-state index contributed by atoms with van der Waals surface area (Å²) in [4.78, 5) is 34.4. The molecule has 0 saturated heterocycles. The highest BCUT2D eigenvalue weighted by Crippen LogP contribution is 2.11. The maximum absolute atomic E-state index is 11.7. The third-order valence-corrected chi connectivity index (χ3v) is 2.85. The van der Waals surface area contributed by atoms with Crippen molar-refractivity contribution in [1.82, 2.24) is 5.32 Å². The third kappa shape index (κ3) is 7.30. The molecule has 0 fully saturated rings. The minimum absolute atomic E-state index is 0.236. The molecule has 1 rings (SSSR count). The van der Waals surface area contributed by atoms with Gasteiger partial charge in [0.15, 0.2) is 6.61 Å². The Bertz CT molecular complexity index is 526. The predicted octanol–water partition coefficient (Wildman–Crippen LogP) is 1.31. The van der Waals surface area contributed by atoms with Crippen molar-refractivity contribution in [3.8, 4) is 5.75 Å².